The second-order valence-corrected chi connectivity index (χ2v) is 3.05. The van der Waals surface area contributed by atoms with Gasteiger partial charge in [0.15, 0.2) is 0 Å². The summed E-state index contributed by atoms with van der Waals surface area (Å²) < 4.78 is 10.6. The number of rotatable bonds is 6. The molecule has 12 heavy (non-hydrogen) atoms. The molecule has 0 aliphatic rings. The van der Waals surface area contributed by atoms with E-state index in [1.54, 1.807) is 6.92 Å². The lowest BCUT2D eigenvalue weighted by Crippen LogP contribution is -2.29. The average molecular weight is 176 g/mol. The van der Waals surface area contributed by atoms with Gasteiger partial charge in [0.1, 0.15) is 0 Å². The maximum atomic E-state index is 9.13. The van der Waals surface area contributed by atoms with Crippen molar-refractivity contribution in [2.24, 2.45) is 0 Å². The monoisotopic (exact) mass is 176 g/mol. The molecule has 0 spiro atoms. The number of aliphatic hydroxyl groups is 1. The van der Waals surface area contributed by atoms with Gasteiger partial charge in [0.2, 0.25) is 0 Å². The molecule has 0 aromatic carbocycles. The molecule has 3 atom stereocenters. The molecule has 0 rings (SSSR count). The summed E-state index contributed by atoms with van der Waals surface area (Å²) in [4.78, 5) is 0. The molecular formula is C9H20O3. The highest BCUT2D eigenvalue weighted by atomic mass is 16.5. The number of aliphatic hydroxyl groups excluding tert-OH is 1. The maximum Gasteiger partial charge on any atom is 0.0807 e. The predicted octanol–water partition coefficient (Wildman–Crippen LogP) is 1.20. The first-order chi connectivity index (χ1) is 5.57. The summed E-state index contributed by atoms with van der Waals surface area (Å²) in [6, 6.07) is 0. The van der Waals surface area contributed by atoms with Crippen LogP contribution >= 0.6 is 0 Å². The van der Waals surface area contributed by atoms with Gasteiger partial charge < -0.3 is 14.6 Å². The molecule has 0 aromatic rings. The van der Waals surface area contributed by atoms with Crippen LogP contribution in [-0.2, 0) is 9.47 Å². The van der Waals surface area contributed by atoms with Gasteiger partial charge in [0, 0.05) is 6.61 Å². The van der Waals surface area contributed by atoms with Gasteiger partial charge in [-0.25, -0.2) is 0 Å². The van der Waals surface area contributed by atoms with Crippen LogP contribution in [0.5, 0.6) is 0 Å². The zero-order valence-electron chi connectivity index (χ0n) is 8.41. The Hall–Kier alpha value is -0.120. The summed E-state index contributed by atoms with van der Waals surface area (Å²) in [5.74, 6) is 0. The first-order valence-electron chi connectivity index (χ1n) is 4.49. The van der Waals surface area contributed by atoms with Crippen molar-refractivity contribution in [1.82, 2.24) is 0 Å². The minimum atomic E-state index is -0.422. The highest BCUT2D eigenvalue weighted by Gasteiger charge is 2.12. The summed E-state index contributed by atoms with van der Waals surface area (Å²) in [6.07, 6.45) is -0.496. The fraction of sp³-hybridized carbons (Fsp3) is 1.00. The van der Waals surface area contributed by atoms with E-state index in [1.165, 1.54) is 0 Å². The van der Waals surface area contributed by atoms with E-state index in [0.29, 0.717) is 13.2 Å². The summed E-state index contributed by atoms with van der Waals surface area (Å²) in [5, 5.41) is 9.13. The normalized spacial score (nSPS) is 18.8. The minimum Gasteiger partial charge on any atom is -0.391 e. The minimum absolute atomic E-state index is 0.0505. The molecule has 0 aliphatic carbocycles. The van der Waals surface area contributed by atoms with Crippen LogP contribution < -0.4 is 0 Å². The van der Waals surface area contributed by atoms with Gasteiger partial charge in [-0.2, -0.15) is 0 Å². The largest absolute Gasteiger partial charge is 0.391 e. The molecule has 0 radical (unpaired) electrons. The lowest BCUT2D eigenvalue weighted by molar-refractivity contribution is -0.0803. The Morgan fingerprint density at radius 2 is 1.83 bits per heavy atom. The van der Waals surface area contributed by atoms with E-state index in [-0.39, 0.29) is 12.2 Å². The average Bonchev–Trinajstić information content (AvgIpc) is 2.00. The third-order valence-corrected chi connectivity index (χ3v) is 1.68. The van der Waals surface area contributed by atoms with Crippen LogP contribution in [0.3, 0.4) is 0 Å². The molecule has 0 fully saturated rings. The van der Waals surface area contributed by atoms with Crippen LogP contribution in [0.15, 0.2) is 0 Å². The molecule has 0 aromatic heterocycles. The Morgan fingerprint density at radius 3 is 2.25 bits per heavy atom. The van der Waals surface area contributed by atoms with E-state index in [4.69, 9.17) is 14.6 Å². The third kappa shape index (κ3) is 5.52. The molecule has 3 unspecified atom stereocenters. The van der Waals surface area contributed by atoms with E-state index in [9.17, 15) is 0 Å². The second kappa shape index (κ2) is 6.40. The summed E-state index contributed by atoms with van der Waals surface area (Å²) in [7, 11) is 0. The van der Waals surface area contributed by atoms with Crippen molar-refractivity contribution in [2.45, 2.75) is 46.0 Å². The standard InChI is InChI=1S/C9H20O3/c1-5-11-6-7(2)12-9(4)8(3)10/h7-10H,5-6H2,1-4H3. The third-order valence-electron chi connectivity index (χ3n) is 1.68. The van der Waals surface area contributed by atoms with Crippen molar-refractivity contribution in [2.75, 3.05) is 13.2 Å². The van der Waals surface area contributed by atoms with Gasteiger partial charge in [-0.05, 0) is 27.7 Å². The number of hydrogen-bond donors (Lipinski definition) is 1. The quantitative estimate of drug-likeness (QED) is 0.661. The van der Waals surface area contributed by atoms with Gasteiger partial charge in [0.25, 0.3) is 0 Å². The summed E-state index contributed by atoms with van der Waals surface area (Å²) in [5.41, 5.74) is 0. The van der Waals surface area contributed by atoms with E-state index in [1.807, 2.05) is 20.8 Å². The zero-order chi connectivity index (χ0) is 9.56. The van der Waals surface area contributed by atoms with Crippen molar-refractivity contribution < 1.29 is 14.6 Å². The van der Waals surface area contributed by atoms with Crippen molar-refractivity contribution in [1.29, 1.82) is 0 Å². The second-order valence-electron chi connectivity index (χ2n) is 3.05. The fourth-order valence-corrected chi connectivity index (χ4v) is 0.803. The summed E-state index contributed by atoms with van der Waals surface area (Å²) in [6.45, 7) is 8.76. The smallest absolute Gasteiger partial charge is 0.0807 e. The molecule has 0 bridgehead atoms. The SMILES string of the molecule is CCOCC(C)OC(C)C(C)O. The lowest BCUT2D eigenvalue weighted by Gasteiger charge is -2.20. The highest BCUT2D eigenvalue weighted by molar-refractivity contribution is 4.59. The van der Waals surface area contributed by atoms with Crippen molar-refractivity contribution >= 4 is 0 Å². The molecule has 3 nitrogen and oxygen atoms in total. The van der Waals surface area contributed by atoms with E-state index in [0.717, 1.165) is 0 Å². The van der Waals surface area contributed by atoms with Crippen molar-refractivity contribution in [3.05, 3.63) is 0 Å². The van der Waals surface area contributed by atoms with Crippen molar-refractivity contribution in [3.63, 3.8) is 0 Å². The Morgan fingerprint density at radius 1 is 1.25 bits per heavy atom. The van der Waals surface area contributed by atoms with Crippen LogP contribution in [0, 0.1) is 0 Å². The first-order valence-corrected chi connectivity index (χ1v) is 4.49. The molecule has 1 N–H and O–H groups in total. The lowest BCUT2D eigenvalue weighted by atomic mass is 10.2. The molecule has 0 saturated heterocycles. The number of ether oxygens (including phenoxy) is 2. The van der Waals surface area contributed by atoms with Crippen LogP contribution in [0.4, 0.5) is 0 Å². The van der Waals surface area contributed by atoms with Crippen molar-refractivity contribution in [3.8, 4) is 0 Å². The topological polar surface area (TPSA) is 38.7 Å². The van der Waals surface area contributed by atoms with Gasteiger partial charge in [-0.3, -0.25) is 0 Å². The molecule has 0 heterocycles. The van der Waals surface area contributed by atoms with Crippen LogP contribution in [0.1, 0.15) is 27.7 Å². The van der Waals surface area contributed by atoms with Crippen LogP contribution in [0.25, 0.3) is 0 Å². The van der Waals surface area contributed by atoms with E-state index >= 15 is 0 Å². The molecule has 0 saturated carbocycles. The highest BCUT2D eigenvalue weighted by Crippen LogP contribution is 2.02. The molecular weight excluding hydrogens is 156 g/mol. The Kier molecular flexibility index (Phi) is 6.34. The van der Waals surface area contributed by atoms with E-state index in [2.05, 4.69) is 0 Å². The zero-order valence-corrected chi connectivity index (χ0v) is 8.41. The van der Waals surface area contributed by atoms with Crippen LogP contribution in [-0.4, -0.2) is 36.6 Å². The summed E-state index contributed by atoms with van der Waals surface area (Å²) >= 11 is 0. The van der Waals surface area contributed by atoms with Crippen LogP contribution in [0.2, 0.25) is 0 Å². The number of hydrogen-bond acceptors (Lipinski definition) is 3. The van der Waals surface area contributed by atoms with Gasteiger partial charge in [-0.15, -0.1) is 0 Å². The Balaban J connectivity index is 3.47. The maximum absolute atomic E-state index is 9.13. The van der Waals surface area contributed by atoms with Gasteiger partial charge in [-0.1, -0.05) is 0 Å². The molecule has 3 heteroatoms. The molecule has 0 amide bonds. The Bertz CT molecular complexity index is 104. The molecule has 0 aliphatic heterocycles. The van der Waals surface area contributed by atoms with Gasteiger partial charge >= 0.3 is 0 Å². The van der Waals surface area contributed by atoms with E-state index < -0.39 is 6.10 Å². The van der Waals surface area contributed by atoms with Gasteiger partial charge in [0.05, 0.1) is 24.9 Å². The Labute approximate surface area is 74.7 Å². The predicted molar refractivity (Wildman–Crippen MR) is 48.2 cm³/mol. The molecule has 74 valence electrons. The first kappa shape index (κ1) is 11.9. The fourth-order valence-electron chi connectivity index (χ4n) is 0.803.